The minimum absolute atomic E-state index is 0.0456. The molecule has 0 aliphatic rings. The van der Waals surface area contributed by atoms with Gasteiger partial charge in [-0.25, -0.2) is 13.4 Å². The monoisotopic (exact) mass is 253 g/mol. The van der Waals surface area contributed by atoms with Crippen LogP contribution in [0.4, 0.5) is 5.82 Å². The van der Waals surface area contributed by atoms with Gasteiger partial charge in [-0.1, -0.05) is 0 Å². The van der Waals surface area contributed by atoms with E-state index in [1.54, 1.807) is 24.1 Å². The number of nitrogens with zero attached hydrogens (tertiary/aromatic N) is 3. The van der Waals surface area contributed by atoms with E-state index in [4.69, 9.17) is 5.26 Å². The molecule has 17 heavy (non-hydrogen) atoms. The highest BCUT2D eigenvalue weighted by atomic mass is 32.2. The summed E-state index contributed by atoms with van der Waals surface area (Å²) in [7, 11) is -1.28. The van der Waals surface area contributed by atoms with E-state index in [1.165, 1.54) is 6.26 Å². The van der Waals surface area contributed by atoms with E-state index < -0.39 is 9.84 Å². The zero-order valence-electron chi connectivity index (χ0n) is 10.1. The molecule has 0 atom stereocenters. The number of hydrogen-bond acceptors (Lipinski definition) is 5. The maximum atomic E-state index is 11.1. The molecule has 0 saturated heterocycles. The van der Waals surface area contributed by atoms with Crippen molar-refractivity contribution in [2.24, 2.45) is 0 Å². The van der Waals surface area contributed by atoms with Crippen molar-refractivity contribution in [2.45, 2.75) is 6.92 Å². The van der Waals surface area contributed by atoms with Crippen molar-refractivity contribution in [2.75, 3.05) is 30.5 Å². The van der Waals surface area contributed by atoms with Gasteiger partial charge in [0.1, 0.15) is 21.7 Å². The van der Waals surface area contributed by atoms with E-state index in [1.807, 2.05) is 13.0 Å². The van der Waals surface area contributed by atoms with Crippen molar-refractivity contribution >= 4 is 15.7 Å². The number of aryl methyl sites for hydroxylation is 1. The van der Waals surface area contributed by atoms with Crippen LogP contribution in [0.15, 0.2) is 12.1 Å². The molecule has 0 saturated carbocycles. The molecule has 1 aromatic heterocycles. The van der Waals surface area contributed by atoms with Gasteiger partial charge in [0.15, 0.2) is 0 Å². The normalized spacial score (nSPS) is 10.9. The molecule has 0 spiro atoms. The summed E-state index contributed by atoms with van der Waals surface area (Å²) in [5.41, 5.74) is 1.25. The summed E-state index contributed by atoms with van der Waals surface area (Å²) >= 11 is 0. The molecular weight excluding hydrogens is 238 g/mol. The second kappa shape index (κ2) is 5.15. The quantitative estimate of drug-likeness (QED) is 0.791. The Morgan fingerprint density at radius 2 is 2.12 bits per heavy atom. The van der Waals surface area contributed by atoms with Crippen molar-refractivity contribution in [1.29, 1.82) is 5.26 Å². The van der Waals surface area contributed by atoms with Crippen molar-refractivity contribution in [1.82, 2.24) is 4.98 Å². The summed E-state index contributed by atoms with van der Waals surface area (Å²) < 4.78 is 22.2. The van der Waals surface area contributed by atoms with E-state index in [0.29, 0.717) is 17.9 Å². The van der Waals surface area contributed by atoms with Crippen LogP contribution in [0.1, 0.15) is 11.3 Å². The first-order valence-corrected chi connectivity index (χ1v) is 7.16. The molecule has 1 heterocycles. The Labute approximate surface area is 102 Å². The van der Waals surface area contributed by atoms with Crippen LogP contribution in [0.5, 0.6) is 0 Å². The number of anilines is 1. The molecule has 0 aromatic carbocycles. The van der Waals surface area contributed by atoms with Crippen molar-refractivity contribution in [3.8, 4) is 6.07 Å². The molecular formula is C11H15N3O2S. The molecule has 0 unspecified atom stereocenters. The zero-order chi connectivity index (χ0) is 13.1. The Morgan fingerprint density at radius 1 is 1.47 bits per heavy atom. The third-order valence-corrected chi connectivity index (χ3v) is 3.22. The number of pyridine rings is 1. The van der Waals surface area contributed by atoms with Gasteiger partial charge in [0.2, 0.25) is 0 Å². The van der Waals surface area contributed by atoms with Gasteiger partial charge in [0.05, 0.1) is 11.3 Å². The highest BCUT2D eigenvalue weighted by Gasteiger charge is 2.11. The van der Waals surface area contributed by atoms with Crippen LogP contribution in [-0.2, 0) is 9.84 Å². The van der Waals surface area contributed by atoms with Crippen LogP contribution in [0, 0.1) is 18.3 Å². The van der Waals surface area contributed by atoms with Gasteiger partial charge in [-0.05, 0) is 19.1 Å². The number of rotatable bonds is 4. The Hall–Kier alpha value is -1.61. The average molecular weight is 253 g/mol. The first-order valence-electron chi connectivity index (χ1n) is 5.10. The third-order valence-electron chi connectivity index (χ3n) is 2.29. The summed E-state index contributed by atoms with van der Waals surface area (Å²) in [6.07, 6.45) is 1.19. The van der Waals surface area contributed by atoms with Gasteiger partial charge in [-0.15, -0.1) is 0 Å². The van der Waals surface area contributed by atoms with Crippen LogP contribution >= 0.6 is 0 Å². The smallest absolute Gasteiger partial charge is 0.149 e. The van der Waals surface area contributed by atoms with Crippen LogP contribution in [-0.4, -0.2) is 39.0 Å². The number of sulfone groups is 1. The maximum Gasteiger partial charge on any atom is 0.149 e. The molecule has 6 heteroatoms. The van der Waals surface area contributed by atoms with Crippen LogP contribution < -0.4 is 4.90 Å². The average Bonchev–Trinajstić information content (AvgIpc) is 2.25. The second-order valence-corrected chi connectivity index (χ2v) is 6.25. The summed E-state index contributed by atoms with van der Waals surface area (Å²) in [6.45, 7) is 2.15. The molecule has 5 nitrogen and oxygen atoms in total. The van der Waals surface area contributed by atoms with E-state index in [-0.39, 0.29) is 5.75 Å². The van der Waals surface area contributed by atoms with E-state index >= 15 is 0 Å². The highest BCUT2D eigenvalue weighted by molar-refractivity contribution is 7.90. The van der Waals surface area contributed by atoms with E-state index in [0.717, 1.165) is 5.69 Å². The van der Waals surface area contributed by atoms with E-state index in [2.05, 4.69) is 4.98 Å². The van der Waals surface area contributed by atoms with Crippen molar-refractivity contribution < 1.29 is 8.42 Å². The van der Waals surface area contributed by atoms with Crippen LogP contribution in [0.3, 0.4) is 0 Å². The Morgan fingerprint density at radius 3 is 2.65 bits per heavy atom. The Kier molecular flexibility index (Phi) is 4.07. The molecule has 0 aliphatic carbocycles. The summed E-state index contributed by atoms with van der Waals surface area (Å²) in [6, 6.07) is 5.49. The van der Waals surface area contributed by atoms with Crippen molar-refractivity contribution in [3.63, 3.8) is 0 Å². The minimum atomic E-state index is -3.01. The first kappa shape index (κ1) is 13.5. The molecule has 0 radical (unpaired) electrons. The van der Waals surface area contributed by atoms with Gasteiger partial charge in [0, 0.05) is 25.5 Å². The standard InChI is InChI=1S/C11H15N3O2S/c1-9-4-5-10(8-12)11(13-9)14(2)6-7-17(3,15)16/h4-5H,6-7H2,1-3H3. The predicted octanol–water partition coefficient (Wildman–Crippen LogP) is 0.742. The van der Waals surface area contributed by atoms with Gasteiger partial charge >= 0.3 is 0 Å². The number of aromatic nitrogens is 1. The van der Waals surface area contributed by atoms with Gasteiger partial charge < -0.3 is 4.90 Å². The Bertz CT molecular complexity index is 546. The summed E-state index contributed by atoms with van der Waals surface area (Å²) in [5.74, 6) is 0.570. The molecule has 1 rings (SSSR count). The van der Waals surface area contributed by atoms with Gasteiger partial charge in [-0.2, -0.15) is 5.26 Å². The van der Waals surface area contributed by atoms with Gasteiger partial charge in [-0.3, -0.25) is 0 Å². The number of hydrogen-bond donors (Lipinski definition) is 0. The molecule has 0 bridgehead atoms. The molecule has 0 amide bonds. The zero-order valence-corrected chi connectivity index (χ0v) is 11.0. The Balaban J connectivity index is 2.92. The fourth-order valence-corrected chi connectivity index (χ4v) is 1.94. The lowest BCUT2D eigenvalue weighted by Gasteiger charge is -2.19. The highest BCUT2D eigenvalue weighted by Crippen LogP contribution is 2.16. The summed E-state index contributed by atoms with van der Waals surface area (Å²) in [5, 5.41) is 8.95. The number of nitriles is 1. The lowest BCUT2D eigenvalue weighted by atomic mass is 10.2. The van der Waals surface area contributed by atoms with E-state index in [9.17, 15) is 8.42 Å². The largest absolute Gasteiger partial charge is 0.358 e. The third kappa shape index (κ3) is 4.04. The summed E-state index contributed by atoms with van der Waals surface area (Å²) in [4.78, 5) is 5.94. The fraction of sp³-hybridized carbons (Fsp3) is 0.455. The first-order chi connectivity index (χ1) is 7.83. The SMILES string of the molecule is Cc1ccc(C#N)c(N(C)CCS(C)(=O)=O)n1. The fourth-order valence-electron chi connectivity index (χ4n) is 1.33. The minimum Gasteiger partial charge on any atom is -0.358 e. The molecule has 0 N–H and O–H groups in total. The van der Waals surface area contributed by atoms with Gasteiger partial charge in [0.25, 0.3) is 0 Å². The predicted molar refractivity (Wildman–Crippen MR) is 66.7 cm³/mol. The van der Waals surface area contributed by atoms with Crippen LogP contribution in [0.25, 0.3) is 0 Å². The molecule has 0 fully saturated rings. The van der Waals surface area contributed by atoms with Crippen molar-refractivity contribution in [3.05, 3.63) is 23.4 Å². The lowest BCUT2D eigenvalue weighted by Crippen LogP contribution is -2.26. The lowest BCUT2D eigenvalue weighted by molar-refractivity contribution is 0.601. The second-order valence-electron chi connectivity index (χ2n) is 3.99. The van der Waals surface area contributed by atoms with Crippen LogP contribution in [0.2, 0.25) is 0 Å². The molecule has 0 aliphatic heterocycles. The topological polar surface area (TPSA) is 74.1 Å². The molecule has 1 aromatic rings. The molecule has 92 valence electrons. The maximum absolute atomic E-state index is 11.1.